The number of thiophene rings is 1. The van der Waals surface area contributed by atoms with Gasteiger partial charge in [-0.2, -0.15) is 0 Å². The lowest BCUT2D eigenvalue weighted by Gasteiger charge is -2.38. The number of likely N-dealkylation sites (tertiary alicyclic amines) is 1. The van der Waals surface area contributed by atoms with Crippen molar-refractivity contribution in [1.29, 1.82) is 0 Å². The summed E-state index contributed by atoms with van der Waals surface area (Å²) in [6, 6.07) is 4.81. The molecule has 0 aliphatic carbocycles. The standard InChI is InChI=1S/C16H21BrN4S/c1-12-6-16(19-11-18-12)20(2)14-4-3-5-21(8-14)9-15-7-13(17)10-22-15/h6-7,10-11,14H,3-5,8-9H2,1-2H3. The van der Waals surface area contributed by atoms with Crippen LogP contribution in [-0.4, -0.2) is 41.0 Å². The van der Waals surface area contributed by atoms with Crippen molar-refractivity contribution >= 4 is 33.1 Å². The van der Waals surface area contributed by atoms with Crippen molar-refractivity contribution in [3.8, 4) is 0 Å². The van der Waals surface area contributed by atoms with Crippen LogP contribution in [0.5, 0.6) is 0 Å². The summed E-state index contributed by atoms with van der Waals surface area (Å²) in [4.78, 5) is 14.9. The van der Waals surface area contributed by atoms with Gasteiger partial charge in [-0.05, 0) is 48.3 Å². The van der Waals surface area contributed by atoms with Gasteiger partial charge in [-0.15, -0.1) is 11.3 Å². The first-order valence-electron chi connectivity index (χ1n) is 7.58. The first kappa shape index (κ1) is 15.9. The van der Waals surface area contributed by atoms with Gasteiger partial charge in [-0.3, -0.25) is 4.90 Å². The molecule has 0 saturated carbocycles. The van der Waals surface area contributed by atoms with E-state index in [0.717, 1.165) is 24.6 Å². The zero-order valence-electron chi connectivity index (χ0n) is 13.0. The quantitative estimate of drug-likeness (QED) is 0.808. The third-order valence-corrected chi connectivity index (χ3v) is 5.86. The highest BCUT2D eigenvalue weighted by molar-refractivity contribution is 9.10. The van der Waals surface area contributed by atoms with Crippen LogP contribution in [0.1, 0.15) is 23.4 Å². The van der Waals surface area contributed by atoms with Gasteiger partial charge in [0.25, 0.3) is 0 Å². The summed E-state index contributed by atoms with van der Waals surface area (Å²) < 4.78 is 1.19. The van der Waals surface area contributed by atoms with E-state index in [1.807, 2.05) is 18.3 Å². The number of hydrogen-bond acceptors (Lipinski definition) is 5. The Balaban J connectivity index is 1.64. The van der Waals surface area contributed by atoms with Crippen molar-refractivity contribution < 1.29 is 0 Å². The molecule has 0 amide bonds. The number of nitrogens with zero attached hydrogens (tertiary/aromatic N) is 4. The molecule has 4 nitrogen and oxygen atoms in total. The predicted octanol–water partition coefficient (Wildman–Crippen LogP) is 3.71. The summed E-state index contributed by atoms with van der Waals surface area (Å²) in [5.41, 5.74) is 1.02. The molecule has 1 saturated heterocycles. The smallest absolute Gasteiger partial charge is 0.132 e. The lowest BCUT2D eigenvalue weighted by atomic mass is 10.0. The predicted molar refractivity (Wildman–Crippen MR) is 95.5 cm³/mol. The van der Waals surface area contributed by atoms with Crippen molar-refractivity contribution in [3.05, 3.63) is 38.9 Å². The second kappa shape index (κ2) is 7.06. The molecule has 0 spiro atoms. The molecule has 2 aromatic heterocycles. The molecule has 0 aromatic carbocycles. The van der Waals surface area contributed by atoms with Gasteiger partial charge >= 0.3 is 0 Å². The number of hydrogen-bond donors (Lipinski definition) is 0. The van der Waals surface area contributed by atoms with E-state index in [2.05, 4.69) is 60.3 Å². The van der Waals surface area contributed by atoms with E-state index < -0.39 is 0 Å². The first-order valence-corrected chi connectivity index (χ1v) is 9.26. The van der Waals surface area contributed by atoms with E-state index in [1.165, 1.54) is 28.7 Å². The lowest BCUT2D eigenvalue weighted by molar-refractivity contribution is 0.200. The average molecular weight is 381 g/mol. The molecule has 1 atom stereocenters. The van der Waals surface area contributed by atoms with Gasteiger partial charge in [0.2, 0.25) is 0 Å². The molecule has 1 aliphatic heterocycles. The molecule has 22 heavy (non-hydrogen) atoms. The largest absolute Gasteiger partial charge is 0.355 e. The molecular formula is C16H21BrN4S. The van der Waals surface area contributed by atoms with Gasteiger partial charge in [0, 0.05) is 52.7 Å². The van der Waals surface area contributed by atoms with Gasteiger partial charge in [0.15, 0.2) is 0 Å². The second-order valence-corrected chi connectivity index (χ2v) is 7.80. The summed E-state index contributed by atoms with van der Waals surface area (Å²) in [5, 5.41) is 2.16. The minimum atomic E-state index is 0.520. The van der Waals surface area contributed by atoms with Crippen LogP contribution in [-0.2, 0) is 6.54 Å². The van der Waals surface area contributed by atoms with E-state index in [4.69, 9.17) is 0 Å². The van der Waals surface area contributed by atoms with Crippen LogP contribution in [0.4, 0.5) is 5.82 Å². The zero-order chi connectivity index (χ0) is 15.5. The number of rotatable bonds is 4. The van der Waals surface area contributed by atoms with Crippen molar-refractivity contribution in [2.45, 2.75) is 32.4 Å². The Morgan fingerprint density at radius 3 is 3.00 bits per heavy atom. The maximum absolute atomic E-state index is 4.42. The molecule has 3 heterocycles. The highest BCUT2D eigenvalue weighted by atomic mass is 79.9. The topological polar surface area (TPSA) is 32.3 Å². The molecule has 6 heteroatoms. The van der Waals surface area contributed by atoms with Crippen LogP contribution < -0.4 is 4.90 Å². The Morgan fingerprint density at radius 1 is 1.41 bits per heavy atom. The summed E-state index contributed by atoms with van der Waals surface area (Å²) in [6.07, 6.45) is 4.13. The van der Waals surface area contributed by atoms with Crippen LogP contribution in [0.15, 0.2) is 28.3 Å². The molecule has 0 bridgehead atoms. The maximum Gasteiger partial charge on any atom is 0.132 e. The highest BCUT2D eigenvalue weighted by Gasteiger charge is 2.24. The van der Waals surface area contributed by atoms with E-state index in [9.17, 15) is 0 Å². The minimum absolute atomic E-state index is 0.520. The van der Waals surface area contributed by atoms with Crippen molar-refractivity contribution in [1.82, 2.24) is 14.9 Å². The fourth-order valence-electron chi connectivity index (χ4n) is 2.97. The van der Waals surface area contributed by atoms with Crippen LogP contribution >= 0.6 is 27.3 Å². The molecule has 1 aliphatic rings. The third kappa shape index (κ3) is 3.86. The van der Waals surface area contributed by atoms with Gasteiger partial charge in [-0.25, -0.2) is 9.97 Å². The van der Waals surface area contributed by atoms with E-state index in [-0.39, 0.29) is 0 Å². The molecule has 118 valence electrons. The van der Waals surface area contributed by atoms with Gasteiger partial charge < -0.3 is 4.90 Å². The van der Waals surface area contributed by atoms with Gasteiger partial charge in [-0.1, -0.05) is 0 Å². The van der Waals surface area contributed by atoms with Crippen molar-refractivity contribution in [3.63, 3.8) is 0 Å². The van der Waals surface area contributed by atoms with E-state index in [1.54, 1.807) is 6.33 Å². The monoisotopic (exact) mass is 380 g/mol. The number of anilines is 1. The molecule has 1 fully saturated rings. The fourth-order valence-corrected chi connectivity index (χ4v) is 4.46. The summed E-state index contributed by atoms with van der Waals surface area (Å²) >= 11 is 5.37. The first-order chi connectivity index (χ1) is 10.6. The normalized spacial score (nSPS) is 19.3. The Hall–Kier alpha value is -0.980. The highest BCUT2D eigenvalue weighted by Crippen LogP contribution is 2.24. The van der Waals surface area contributed by atoms with Gasteiger partial charge in [0.05, 0.1) is 0 Å². The number of likely N-dealkylation sites (N-methyl/N-ethyl adjacent to an activating group) is 1. The fraction of sp³-hybridized carbons (Fsp3) is 0.500. The maximum atomic E-state index is 4.42. The number of halogens is 1. The van der Waals surface area contributed by atoms with E-state index in [0.29, 0.717) is 6.04 Å². The molecule has 0 radical (unpaired) electrons. The van der Waals surface area contributed by atoms with Crippen LogP contribution in [0.2, 0.25) is 0 Å². The average Bonchev–Trinajstić information content (AvgIpc) is 2.92. The second-order valence-electron chi connectivity index (χ2n) is 5.89. The van der Waals surface area contributed by atoms with Crippen LogP contribution in [0.25, 0.3) is 0 Å². The molecular weight excluding hydrogens is 360 g/mol. The molecule has 3 rings (SSSR count). The number of aryl methyl sites for hydroxylation is 1. The van der Waals surface area contributed by atoms with Crippen molar-refractivity contribution in [2.75, 3.05) is 25.0 Å². The number of piperidine rings is 1. The van der Waals surface area contributed by atoms with E-state index >= 15 is 0 Å². The minimum Gasteiger partial charge on any atom is -0.355 e. The summed E-state index contributed by atoms with van der Waals surface area (Å²) in [7, 11) is 2.15. The third-order valence-electron chi connectivity index (χ3n) is 4.18. The van der Waals surface area contributed by atoms with Crippen molar-refractivity contribution in [2.24, 2.45) is 0 Å². The molecule has 0 N–H and O–H groups in total. The summed E-state index contributed by atoms with van der Waals surface area (Å²) in [5.74, 6) is 1.03. The number of aromatic nitrogens is 2. The van der Waals surface area contributed by atoms with Gasteiger partial charge in [0.1, 0.15) is 12.1 Å². The van der Waals surface area contributed by atoms with Crippen LogP contribution in [0.3, 0.4) is 0 Å². The lowest BCUT2D eigenvalue weighted by Crippen LogP contribution is -2.46. The Bertz CT molecular complexity index is 630. The van der Waals surface area contributed by atoms with Crippen LogP contribution in [0, 0.1) is 6.92 Å². The zero-order valence-corrected chi connectivity index (χ0v) is 15.4. The SMILES string of the molecule is Cc1cc(N(C)C2CCCN(Cc3cc(Br)cs3)C2)ncn1. The summed E-state index contributed by atoms with van der Waals surface area (Å²) in [6.45, 7) is 5.34. The Kier molecular flexibility index (Phi) is 5.10. The Morgan fingerprint density at radius 2 is 2.27 bits per heavy atom. The molecule has 1 unspecified atom stereocenters. The molecule has 2 aromatic rings. The Labute approximate surface area is 144 Å².